The van der Waals surface area contributed by atoms with Crippen LogP contribution in [0.3, 0.4) is 0 Å². The molecule has 1 aliphatic carbocycles. The van der Waals surface area contributed by atoms with Crippen molar-refractivity contribution in [2.75, 3.05) is 26.4 Å². The molecular weight excluding hydrogens is 1350 g/mol. The monoisotopic (exact) mass is 1500 g/mol. The first kappa shape index (κ1) is 94.9. The molecule has 3 aliphatic rings. The van der Waals surface area contributed by atoms with Crippen molar-refractivity contribution in [1.82, 2.24) is 0 Å². The van der Waals surface area contributed by atoms with Crippen LogP contribution in [0, 0.1) is 0 Å². The van der Waals surface area contributed by atoms with E-state index >= 15 is 0 Å². The number of phosphoric acid groups is 1. The van der Waals surface area contributed by atoms with Crippen LogP contribution >= 0.6 is 7.82 Å². The molecule has 18 unspecified atom stereocenters. The van der Waals surface area contributed by atoms with Gasteiger partial charge < -0.3 is 89.1 Å². The van der Waals surface area contributed by atoms with Crippen LogP contribution in [0.2, 0.25) is 0 Å². The van der Waals surface area contributed by atoms with Crippen LogP contribution < -0.4 is 0 Å². The fourth-order valence-electron chi connectivity index (χ4n) is 13.6. The first-order valence-corrected chi connectivity index (χ1v) is 42.5. The van der Waals surface area contributed by atoms with Gasteiger partial charge in [0.25, 0.3) is 0 Å². The van der Waals surface area contributed by atoms with Crippen molar-refractivity contribution in [1.29, 1.82) is 0 Å². The fraction of sp³-hybridized carbons (Fsp3) is 0.936. The second kappa shape index (κ2) is 59.6. The van der Waals surface area contributed by atoms with Gasteiger partial charge in [0, 0.05) is 19.3 Å². The zero-order valence-corrected chi connectivity index (χ0v) is 64.5. The summed E-state index contributed by atoms with van der Waals surface area (Å²) in [6, 6.07) is 0. The Morgan fingerprint density at radius 1 is 0.369 bits per heavy atom. The normalized spacial score (nSPS) is 26.9. The summed E-state index contributed by atoms with van der Waals surface area (Å²) >= 11 is 0. The van der Waals surface area contributed by atoms with E-state index in [2.05, 4.69) is 32.9 Å². The number of hydrogen-bond acceptors (Lipinski definition) is 23. The third kappa shape index (κ3) is 41.9. The number of aliphatic hydroxyl groups excluding tert-OH is 10. The summed E-state index contributed by atoms with van der Waals surface area (Å²) in [6.07, 6.45) is 21.0. The predicted molar refractivity (Wildman–Crippen MR) is 393 cm³/mol. The van der Waals surface area contributed by atoms with E-state index in [0.29, 0.717) is 19.3 Å². The van der Waals surface area contributed by atoms with Gasteiger partial charge in [0.15, 0.2) is 18.7 Å². The number of ether oxygens (including phenoxy) is 7. The van der Waals surface area contributed by atoms with Gasteiger partial charge in [-0.25, -0.2) is 4.57 Å². The van der Waals surface area contributed by atoms with Gasteiger partial charge in [-0.3, -0.25) is 23.4 Å². The van der Waals surface area contributed by atoms with Gasteiger partial charge in [0.05, 0.1) is 13.2 Å². The van der Waals surface area contributed by atoms with Gasteiger partial charge in [-0.15, -0.1) is 0 Å². The molecule has 0 aromatic heterocycles. The summed E-state index contributed by atoms with van der Waals surface area (Å²) in [4.78, 5) is 51.2. The quantitative estimate of drug-likeness (QED) is 0.00886. The van der Waals surface area contributed by atoms with E-state index < -0.39 is 156 Å². The lowest BCUT2D eigenvalue weighted by Crippen LogP contribution is -2.69. The van der Waals surface area contributed by atoms with Crippen molar-refractivity contribution in [2.45, 2.75) is 440 Å². The van der Waals surface area contributed by atoms with E-state index in [1.807, 2.05) is 0 Å². The van der Waals surface area contributed by atoms with E-state index in [-0.39, 0.29) is 19.3 Å². The Hall–Kier alpha value is -2.30. The molecule has 25 heteroatoms. The maximum atomic E-state index is 14.4. The summed E-state index contributed by atoms with van der Waals surface area (Å²) in [6.45, 7) is 3.49. The maximum Gasteiger partial charge on any atom is 0.472 e. The van der Waals surface area contributed by atoms with E-state index in [9.17, 15) is 74.9 Å². The number of allylic oxidation sites excluding steroid dienone is 2. The molecule has 0 bridgehead atoms. The van der Waals surface area contributed by atoms with Gasteiger partial charge in [-0.1, -0.05) is 283 Å². The van der Waals surface area contributed by atoms with E-state index in [4.69, 9.17) is 42.2 Å². The fourth-order valence-corrected chi connectivity index (χ4v) is 14.6. The Bertz CT molecular complexity index is 2160. The smallest absolute Gasteiger partial charge is 0.463 e. The largest absolute Gasteiger partial charge is 0.472 e. The van der Waals surface area contributed by atoms with Crippen LogP contribution in [0.5, 0.6) is 0 Å². The van der Waals surface area contributed by atoms with Crippen LogP contribution in [-0.2, 0) is 61.2 Å². The first-order chi connectivity index (χ1) is 49.8. The minimum absolute atomic E-state index is 0.00978. The molecule has 2 aliphatic heterocycles. The van der Waals surface area contributed by atoms with Gasteiger partial charge in [-0.2, -0.15) is 0 Å². The third-order valence-corrected chi connectivity index (χ3v) is 21.3. The molecule has 2 heterocycles. The lowest BCUT2D eigenvalue weighted by Gasteiger charge is -2.49. The highest BCUT2D eigenvalue weighted by molar-refractivity contribution is 7.47. The van der Waals surface area contributed by atoms with E-state index in [1.54, 1.807) is 0 Å². The summed E-state index contributed by atoms with van der Waals surface area (Å²) in [5.41, 5.74) is 0. The van der Waals surface area contributed by atoms with Crippen LogP contribution in [0.4, 0.5) is 0 Å². The Labute approximate surface area is 618 Å². The molecule has 606 valence electrons. The van der Waals surface area contributed by atoms with Gasteiger partial charge in [0.2, 0.25) is 0 Å². The molecule has 3 fully saturated rings. The van der Waals surface area contributed by atoms with Crippen molar-refractivity contribution < 1.29 is 117 Å². The lowest BCUT2D eigenvalue weighted by atomic mass is 9.84. The number of phosphoric ester groups is 1. The highest BCUT2D eigenvalue weighted by atomic mass is 31.2. The van der Waals surface area contributed by atoms with Crippen LogP contribution in [0.15, 0.2) is 12.2 Å². The van der Waals surface area contributed by atoms with Crippen LogP contribution in [0.1, 0.15) is 335 Å². The molecule has 0 radical (unpaired) electrons. The summed E-state index contributed by atoms with van der Waals surface area (Å²) < 4.78 is 65.2. The second-order valence-corrected chi connectivity index (χ2v) is 30.9. The molecule has 1 saturated carbocycles. The van der Waals surface area contributed by atoms with Crippen LogP contribution in [-0.4, -0.2) is 204 Å². The number of carbonyl (C=O) groups excluding carboxylic acids is 3. The highest BCUT2D eigenvalue weighted by Crippen LogP contribution is 2.49. The number of aliphatic hydroxyl groups is 10. The Balaban J connectivity index is 1.70. The standard InChI is InChI=1S/C78H145O24P/c1-4-7-10-13-16-19-22-25-28-30-32-35-38-40-43-46-49-52-62(80)94-56-59(97-64(82)54-51-48-45-42-39-36-33-31-29-26-23-20-17-14-11-8-5-2)57-96-103(92,93)102-76-74(100-77-72(90)67(85)65(83)60(55-79)98-77)70(88)69(87)71(89)75(76)101-78-73(91)68(86)66(84)61(99-78)58-95-63(81)53-50-47-44-41-37-34-27-24-21-18-15-12-9-6-3/h34,37,59-61,65-79,83-91H,4-33,35-36,38-58H2,1-3H3,(H,92,93)/b37-34-. The summed E-state index contributed by atoms with van der Waals surface area (Å²) in [5.74, 6) is -1.99. The molecule has 2 saturated heterocycles. The van der Waals surface area contributed by atoms with Crippen molar-refractivity contribution in [2.24, 2.45) is 0 Å². The molecule has 18 atom stereocenters. The molecule has 0 amide bonds. The average molecular weight is 1500 g/mol. The SMILES string of the molecule is CCCCCCCCC/C=C\CCCCCC(=O)OCC1OC(OC2C(O)C(O)C(O)C(OC3OC(CO)C(O)C(O)C3O)C2OP(=O)(O)OCC(COC(=O)CCCCCCCCCCCCCCCCCCC)OC(=O)CCCCCCCCCCCCCCCCCCC)C(O)C(O)C1O. The third-order valence-electron chi connectivity index (χ3n) is 20.3. The number of rotatable bonds is 65. The van der Waals surface area contributed by atoms with Gasteiger partial charge in [0.1, 0.15) is 98.7 Å². The lowest BCUT2D eigenvalue weighted by molar-refractivity contribution is -0.360. The Kier molecular flexibility index (Phi) is 54.9. The predicted octanol–water partition coefficient (Wildman–Crippen LogP) is 12.7. The Morgan fingerprint density at radius 2 is 0.680 bits per heavy atom. The maximum absolute atomic E-state index is 14.4. The zero-order valence-electron chi connectivity index (χ0n) is 63.6. The topological polar surface area (TPSA) is 374 Å². The number of carbonyl (C=O) groups is 3. The van der Waals surface area contributed by atoms with E-state index in [0.717, 1.165) is 89.9 Å². The van der Waals surface area contributed by atoms with E-state index in [1.165, 1.54) is 186 Å². The Morgan fingerprint density at radius 3 is 1.06 bits per heavy atom. The minimum Gasteiger partial charge on any atom is -0.463 e. The second-order valence-electron chi connectivity index (χ2n) is 29.5. The van der Waals surface area contributed by atoms with Crippen molar-refractivity contribution in [3.63, 3.8) is 0 Å². The number of hydrogen-bond donors (Lipinski definition) is 11. The van der Waals surface area contributed by atoms with Crippen molar-refractivity contribution in [3.05, 3.63) is 12.2 Å². The summed E-state index contributed by atoms with van der Waals surface area (Å²) in [7, 11) is -5.70. The molecule has 11 N–H and O–H groups in total. The van der Waals surface area contributed by atoms with Crippen molar-refractivity contribution in [3.8, 4) is 0 Å². The van der Waals surface area contributed by atoms with Crippen molar-refractivity contribution >= 4 is 25.7 Å². The number of esters is 3. The molecule has 103 heavy (non-hydrogen) atoms. The zero-order chi connectivity index (χ0) is 75.3. The van der Waals surface area contributed by atoms with Gasteiger partial charge in [-0.05, 0) is 44.9 Å². The molecule has 0 spiro atoms. The minimum atomic E-state index is -5.70. The molecule has 0 aromatic carbocycles. The molecule has 24 nitrogen and oxygen atoms in total. The first-order valence-electron chi connectivity index (χ1n) is 41.0. The number of unbranched alkanes of at least 4 members (excludes halogenated alkanes) is 42. The molecular formula is C78H145O24P. The van der Waals surface area contributed by atoms with Gasteiger partial charge >= 0.3 is 25.7 Å². The summed E-state index contributed by atoms with van der Waals surface area (Å²) in [5, 5.41) is 110. The molecule has 3 rings (SSSR count). The molecule has 0 aromatic rings. The highest BCUT2D eigenvalue weighted by Gasteiger charge is 2.58. The van der Waals surface area contributed by atoms with Crippen LogP contribution in [0.25, 0.3) is 0 Å². The average Bonchev–Trinajstić information content (AvgIpc) is 0.804.